The molecule has 160 valence electrons. The van der Waals surface area contributed by atoms with E-state index >= 15 is 0 Å². The summed E-state index contributed by atoms with van der Waals surface area (Å²) in [5, 5.41) is 0.413. The van der Waals surface area contributed by atoms with E-state index in [9.17, 15) is 9.59 Å². The lowest BCUT2D eigenvalue weighted by atomic mass is 10.0. The summed E-state index contributed by atoms with van der Waals surface area (Å²) in [6.07, 6.45) is 1.26. The molecule has 0 saturated carbocycles. The first-order valence-electron chi connectivity index (χ1n) is 9.30. The van der Waals surface area contributed by atoms with Crippen LogP contribution in [0.2, 0.25) is 0 Å². The monoisotopic (exact) mass is 438 g/mol. The van der Waals surface area contributed by atoms with E-state index < -0.39 is 11.9 Å². The van der Waals surface area contributed by atoms with E-state index in [0.717, 1.165) is 28.0 Å². The first kappa shape index (κ1) is 22.0. The lowest BCUT2D eigenvalue weighted by Crippen LogP contribution is -2.24. The SMILES string of the molecule is CO/C=C(\C(=O)OC)N(C)c1nc(-c2ccc(-c3ccccc3)cc2)c(C(=O)OC)s1. The van der Waals surface area contributed by atoms with Gasteiger partial charge in [-0.3, -0.25) is 0 Å². The molecule has 1 heterocycles. The number of ether oxygens (including phenoxy) is 3. The first-order valence-corrected chi connectivity index (χ1v) is 10.1. The standard InChI is InChI=1S/C23H22N2O5S/c1-25(18(14-28-2)21(26)29-3)23-24-19(20(31-23)22(27)30-4)17-12-10-16(11-13-17)15-8-6-5-7-9-15/h5-14H,1-4H3/b18-14+. The lowest BCUT2D eigenvalue weighted by molar-refractivity contribution is -0.136. The highest BCUT2D eigenvalue weighted by molar-refractivity contribution is 7.18. The van der Waals surface area contributed by atoms with E-state index in [2.05, 4.69) is 4.98 Å². The molecule has 0 amide bonds. The van der Waals surface area contributed by atoms with Crippen molar-refractivity contribution < 1.29 is 23.8 Å². The summed E-state index contributed by atoms with van der Waals surface area (Å²) < 4.78 is 14.7. The van der Waals surface area contributed by atoms with Crippen LogP contribution in [0.5, 0.6) is 0 Å². The van der Waals surface area contributed by atoms with Crippen molar-refractivity contribution in [2.24, 2.45) is 0 Å². The molecule has 2 aromatic carbocycles. The van der Waals surface area contributed by atoms with Crippen LogP contribution in [0.4, 0.5) is 5.13 Å². The van der Waals surface area contributed by atoms with Gasteiger partial charge in [0.25, 0.3) is 0 Å². The molecule has 0 spiro atoms. The normalized spacial score (nSPS) is 11.0. The fraction of sp³-hybridized carbons (Fsp3) is 0.174. The minimum atomic E-state index is -0.590. The number of methoxy groups -OCH3 is 3. The molecule has 0 fully saturated rings. The Labute approximate surface area is 184 Å². The molecule has 0 aliphatic carbocycles. The molecule has 0 aliphatic rings. The molecule has 0 atom stereocenters. The Bertz CT molecular complexity index is 1090. The summed E-state index contributed by atoms with van der Waals surface area (Å²) in [6, 6.07) is 17.7. The van der Waals surface area contributed by atoms with Gasteiger partial charge in [0.15, 0.2) is 10.8 Å². The third kappa shape index (κ3) is 4.75. The Morgan fingerprint density at radius 2 is 1.52 bits per heavy atom. The van der Waals surface area contributed by atoms with Crippen LogP contribution in [0.3, 0.4) is 0 Å². The fourth-order valence-electron chi connectivity index (χ4n) is 2.91. The van der Waals surface area contributed by atoms with Gasteiger partial charge in [0.05, 0.1) is 27.0 Å². The van der Waals surface area contributed by atoms with E-state index in [0.29, 0.717) is 15.7 Å². The van der Waals surface area contributed by atoms with E-state index in [-0.39, 0.29) is 5.70 Å². The number of esters is 2. The van der Waals surface area contributed by atoms with Gasteiger partial charge in [-0.15, -0.1) is 0 Å². The Morgan fingerprint density at radius 1 is 0.903 bits per heavy atom. The number of hydrogen-bond acceptors (Lipinski definition) is 8. The molecule has 0 radical (unpaired) electrons. The Hall–Kier alpha value is -3.65. The molecular formula is C23H22N2O5S. The highest BCUT2D eigenvalue weighted by Gasteiger charge is 2.25. The number of benzene rings is 2. The third-order valence-corrected chi connectivity index (χ3v) is 5.64. The maximum Gasteiger partial charge on any atom is 0.357 e. The summed E-state index contributed by atoms with van der Waals surface area (Å²) in [5.74, 6) is -1.09. The zero-order chi connectivity index (χ0) is 22.4. The highest BCUT2D eigenvalue weighted by atomic mass is 32.1. The maximum absolute atomic E-state index is 12.4. The zero-order valence-corrected chi connectivity index (χ0v) is 18.4. The van der Waals surface area contributed by atoms with E-state index in [4.69, 9.17) is 14.2 Å². The number of anilines is 1. The molecule has 31 heavy (non-hydrogen) atoms. The van der Waals surface area contributed by atoms with E-state index in [1.165, 1.54) is 32.5 Å². The van der Waals surface area contributed by atoms with Crippen molar-refractivity contribution in [3.05, 3.63) is 71.4 Å². The molecule has 7 nitrogen and oxygen atoms in total. The second kappa shape index (κ2) is 9.90. The minimum Gasteiger partial charge on any atom is -0.502 e. The number of carbonyl (C=O) groups excluding carboxylic acids is 2. The average Bonchev–Trinajstić information content (AvgIpc) is 3.27. The van der Waals surface area contributed by atoms with Crippen molar-refractivity contribution in [3.63, 3.8) is 0 Å². The number of nitrogens with zero attached hydrogens (tertiary/aromatic N) is 2. The quantitative estimate of drug-likeness (QED) is 0.308. The molecule has 0 saturated heterocycles. The maximum atomic E-state index is 12.4. The Kier molecular flexibility index (Phi) is 7.04. The predicted octanol–water partition coefficient (Wildman–Crippen LogP) is 4.36. The van der Waals surface area contributed by atoms with Crippen molar-refractivity contribution in [1.82, 2.24) is 4.98 Å². The van der Waals surface area contributed by atoms with Gasteiger partial charge < -0.3 is 19.1 Å². The largest absolute Gasteiger partial charge is 0.502 e. The summed E-state index contributed by atoms with van der Waals surface area (Å²) in [5.41, 5.74) is 3.51. The smallest absolute Gasteiger partial charge is 0.357 e. The molecule has 1 aromatic heterocycles. The van der Waals surface area contributed by atoms with Crippen molar-refractivity contribution >= 4 is 28.4 Å². The summed E-state index contributed by atoms with van der Waals surface area (Å²) in [6.45, 7) is 0. The van der Waals surface area contributed by atoms with Crippen LogP contribution in [0.1, 0.15) is 9.67 Å². The number of aromatic nitrogens is 1. The van der Waals surface area contributed by atoms with Crippen molar-refractivity contribution in [3.8, 4) is 22.4 Å². The molecule has 3 rings (SSSR count). The van der Waals surface area contributed by atoms with Gasteiger partial charge in [0, 0.05) is 12.6 Å². The molecule has 0 bridgehead atoms. The molecule has 8 heteroatoms. The number of hydrogen-bond donors (Lipinski definition) is 0. The summed E-state index contributed by atoms with van der Waals surface area (Å²) in [7, 11) is 5.67. The fourth-order valence-corrected chi connectivity index (χ4v) is 3.90. The van der Waals surface area contributed by atoms with Crippen LogP contribution in [0, 0.1) is 0 Å². The van der Waals surface area contributed by atoms with Crippen LogP contribution in [-0.2, 0) is 19.0 Å². The lowest BCUT2D eigenvalue weighted by Gasteiger charge is -2.17. The van der Waals surface area contributed by atoms with Crippen LogP contribution in [0.15, 0.2) is 66.6 Å². The van der Waals surface area contributed by atoms with Gasteiger partial charge in [-0.25, -0.2) is 14.6 Å². The zero-order valence-electron chi connectivity index (χ0n) is 17.6. The molecule has 0 unspecified atom stereocenters. The second-order valence-electron chi connectivity index (χ2n) is 6.40. The Morgan fingerprint density at radius 3 is 2.10 bits per heavy atom. The van der Waals surface area contributed by atoms with E-state index in [1.54, 1.807) is 7.05 Å². The van der Waals surface area contributed by atoms with Crippen molar-refractivity contribution in [2.75, 3.05) is 33.3 Å². The topological polar surface area (TPSA) is 78.0 Å². The van der Waals surface area contributed by atoms with Gasteiger partial charge in [0.1, 0.15) is 11.1 Å². The number of carbonyl (C=O) groups is 2. The summed E-state index contributed by atoms with van der Waals surface area (Å²) >= 11 is 1.11. The average molecular weight is 439 g/mol. The Balaban J connectivity index is 2.02. The van der Waals surface area contributed by atoms with Crippen LogP contribution in [-0.4, -0.2) is 45.3 Å². The summed E-state index contributed by atoms with van der Waals surface area (Å²) in [4.78, 5) is 31.0. The van der Waals surface area contributed by atoms with Crippen molar-refractivity contribution in [2.45, 2.75) is 0 Å². The second-order valence-corrected chi connectivity index (χ2v) is 7.38. The van der Waals surface area contributed by atoms with Gasteiger partial charge in [-0.1, -0.05) is 65.9 Å². The van der Waals surface area contributed by atoms with Crippen LogP contribution in [0.25, 0.3) is 22.4 Å². The number of thiazole rings is 1. The van der Waals surface area contributed by atoms with Crippen molar-refractivity contribution in [1.29, 1.82) is 0 Å². The van der Waals surface area contributed by atoms with Gasteiger partial charge in [0.2, 0.25) is 0 Å². The predicted molar refractivity (Wildman–Crippen MR) is 120 cm³/mol. The number of rotatable bonds is 7. The highest BCUT2D eigenvalue weighted by Crippen LogP contribution is 2.35. The van der Waals surface area contributed by atoms with Gasteiger partial charge in [-0.05, 0) is 11.1 Å². The molecule has 3 aromatic rings. The first-order chi connectivity index (χ1) is 15.0. The molecular weight excluding hydrogens is 416 g/mol. The van der Waals surface area contributed by atoms with Gasteiger partial charge >= 0.3 is 11.9 Å². The van der Waals surface area contributed by atoms with Crippen LogP contribution < -0.4 is 4.90 Å². The van der Waals surface area contributed by atoms with E-state index in [1.807, 2.05) is 54.6 Å². The molecule has 0 aliphatic heterocycles. The van der Waals surface area contributed by atoms with Crippen LogP contribution >= 0.6 is 11.3 Å². The van der Waals surface area contributed by atoms with Gasteiger partial charge in [-0.2, -0.15) is 0 Å². The minimum absolute atomic E-state index is 0.140. The number of likely N-dealkylation sites (N-methyl/N-ethyl adjacent to an activating group) is 1. The molecule has 0 N–H and O–H groups in total. The third-order valence-electron chi connectivity index (χ3n) is 4.52.